The number of thioether (sulfide) groups is 1. The Labute approximate surface area is 139 Å². The first-order valence-corrected chi connectivity index (χ1v) is 8.30. The minimum atomic E-state index is -0.864. The number of carboxylic acids is 1. The molecule has 1 aliphatic rings. The minimum Gasteiger partial charge on any atom is -0.481 e. The molecular formula is C16H17NO3S2. The maximum Gasteiger partial charge on any atom is 0.303 e. The molecular weight excluding hydrogens is 318 g/mol. The van der Waals surface area contributed by atoms with Crippen molar-refractivity contribution in [2.75, 3.05) is 6.54 Å². The summed E-state index contributed by atoms with van der Waals surface area (Å²) in [6, 6.07) is 8.03. The zero-order valence-corrected chi connectivity index (χ0v) is 13.9. The number of hydrogen-bond acceptors (Lipinski definition) is 4. The van der Waals surface area contributed by atoms with Gasteiger partial charge in [0.05, 0.1) is 4.91 Å². The summed E-state index contributed by atoms with van der Waals surface area (Å²) in [6.45, 7) is 2.43. The number of aliphatic carboxylic acids is 1. The van der Waals surface area contributed by atoms with E-state index in [1.807, 2.05) is 18.2 Å². The standard InChI is InChI=1S/C16H17NO3S2/c1-2-11-5-3-6-12(9-11)10-13-15(20)17(16(21)22-13)8-4-7-14(18)19/h3,5-6,9-10H,2,4,7-8H2,1H3,(H,18,19). The lowest BCUT2D eigenvalue weighted by Gasteiger charge is -2.13. The van der Waals surface area contributed by atoms with Gasteiger partial charge in [0.15, 0.2) is 0 Å². The molecule has 22 heavy (non-hydrogen) atoms. The van der Waals surface area contributed by atoms with Crippen molar-refractivity contribution in [3.63, 3.8) is 0 Å². The zero-order chi connectivity index (χ0) is 16.1. The fourth-order valence-corrected chi connectivity index (χ4v) is 3.44. The van der Waals surface area contributed by atoms with Crippen LogP contribution in [0.5, 0.6) is 0 Å². The van der Waals surface area contributed by atoms with Gasteiger partial charge in [0.1, 0.15) is 4.32 Å². The first kappa shape index (κ1) is 16.7. The highest BCUT2D eigenvalue weighted by molar-refractivity contribution is 8.26. The molecule has 0 aromatic heterocycles. The van der Waals surface area contributed by atoms with E-state index in [9.17, 15) is 9.59 Å². The van der Waals surface area contributed by atoms with E-state index in [1.54, 1.807) is 0 Å². The van der Waals surface area contributed by atoms with Gasteiger partial charge < -0.3 is 5.11 Å². The van der Waals surface area contributed by atoms with Crippen LogP contribution < -0.4 is 0 Å². The lowest BCUT2D eigenvalue weighted by Crippen LogP contribution is -2.29. The van der Waals surface area contributed by atoms with Gasteiger partial charge in [-0.05, 0) is 30.0 Å². The Balaban J connectivity index is 2.09. The molecule has 1 amide bonds. The van der Waals surface area contributed by atoms with Crippen molar-refractivity contribution in [1.82, 2.24) is 4.90 Å². The highest BCUT2D eigenvalue weighted by Crippen LogP contribution is 2.32. The Morgan fingerprint density at radius 2 is 2.23 bits per heavy atom. The number of carboxylic acid groups (broad SMARTS) is 1. The fourth-order valence-electron chi connectivity index (χ4n) is 2.14. The molecule has 0 radical (unpaired) electrons. The highest BCUT2D eigenvalue weighted by atomic mass is 32.2. The van der Waals surface area contributed by atoms with Crippen LogP contribution in [-0.2, 0) is 16.0 Å². The molecule has 1 N–H and O–H groups in total. The van der Waals surface area contributed by atoms with Gasteiger partial charge in [-0.1, -0.05) is 55.2 Å². The van der Waals surface area contributed by atoms with E-state index in [0.29, 0.717) is 22.2 Å². The second kappa shape index (κ2) is 7.56. The summed E-state index contributed by atoms with van der Waals surface area (Å²) in [4.78, 5) is 25.0. The van der Waals surface area contributed by atoms with Crippen molar-refractivity contribution < 1.29 is 14.7 Å². The van der Waals surface area contributed by atoms with Crippen LogP contribution in [-0.4, -0.2) is 32.7 Å². The highest BCUT2D eigenvalue weighted by Gasteiger charge is 2.31. The van der Waals surface area contributed by atoms with Gasteiger partial charge in [0.2, 0.25) is 0 Å². The maximum atomic E-state index is 12.4. The van der Waals surface area contributed by atoms with Crippen LogP contribution in [0.3, 0.4) is 0 Å². The van der Waals surface area contributed by atoms with Gasteiger partial charge >= 0.3 is 5.97 Å². The average molecular weight is 335 g/mol. The summed E-state index contributed by atoms with van der Waals surface area (Å²) in [7, 11) is 0. The van der Waals surface area contributed by atoms with Crippen molar-refractivity contribution in [3.8, 4) is 0 Å². The minimum absolute atomic E-state index is 0.0364. The van der Waals surface area contributed by atoms with Crippen molar-refractivity contribution in [2.45, 2.75) is 26.2 Å². The number of amides is 1. The maximum absolute atomic E-state index is 12.4. The first-order chi connectivity index (χ1) is 10.5. The number of aryl methyl sites for hydroxylation is 1. The number of benzene rings is 1. The first-order valence-electron chi connectivity index (χ1n) is 7.07. The molecule has 1 aliphatic heterocycles. The normalized spacial score (nSPS) is 16.6. The van der Waals surface area contributed by atoms with Gasteiger partial charge in [-0.15, -0.1) is 0 Å². The van der Waals surface area contributed by atoms with Crippen LogP contribution in [0, 0.1) is 0 Å². The Bertz CT molecular complexity index is 640. The number of rotatable bonds is 6. The topological polar surface area (TPSA) is 57.6 Å². The number of thiocarbonyl (C=S) groups is 1. The molecule has 0 unspecified atom stereocenters. The molecule has 0 aliphatic carbocycles. The molecule has 0 atom stereocenters. The van der Waals surface area contributed by atoms with Crippen molar-refractivity contribution in [3.05, 3.63) is 40.3 Å². The number of nitrogens with zero attached hydrogens (tertiary/aromatic N) is 1. The predicted molar refractivity (Wildman–Crippen MR) is 92.6 cm³/mol. The molecule has 1 aromatic carbocycles. The van der Waals surface area contributed by atoms with E-state index in [4.69, 9.17) is 17.3 Å². The molecule has 4 nitrogen and oxygen atoms in total. The van der Waals surface area contributed by atoms with E-state index in [1.165, 1.54) is 22.2 Å². The molecule has 2 rings (SSSR count). The van der Waals surface area contributed by atoms with Gasteiger partial charge in [-0.25, -0.2) is 0 Å². The Hall–Kier alpha value is -1.66. The van der Waals surface area contributed by atoms with Gasteiger partial charge in [-0.3, -0.25) is 14.5 Å². The molecule has 1 fully saturated rings. The Morgan fingerprint density at radius 1 is 1.45 bits per heavy atom. The quantitative estimate of drug-likeness (QED) is 0.638. The molecule has 0 saturated carbocycles. The van der Waals surface area contributed by atoms with Crippen LogP contribution in [0.15, 0.2) is 29.2 Å². The molecule has 1 saturated heterocycles. The summed E-state index contributed by atoms with van der Waals surface area (Å²) in [5.74, 6) is -1.00. The SMILES string of the molecule is CCc1cccc(C=C2SC(=S)N(CCCC(=O)O)C2=O)c1. The number of hydrogen-bond donors (Lipinski definition) is 1. The van der Waals surface area contributed by atoms with E-state index in [2.05, 4.69) is 19.1 Å². The Morgan fingerprint density at radius 3 is 2.91 bits per heavy atom. The smallest absolute Gasteiger partial charge is 0.303 e. The largest absolute Gasteiger partial charge is 0.481 e. The van der Waals surface area contributed by atoms with Crippen LogP contribution in [0.25, 0.3) is 6.08 Å². The third-order valence-electron chi connectivity index (χ3n) is 3.30. The van der Waals surface area contributed by atoms with Crippen molar-refractivity contribution in [2.24, 2.45) is 0 Å². The van der Waals surface area contributed by atoms with Gasteiger partial charge in [-0.2, -0.15) is 0 Å². The summed E-state index contributed by atoms with van der Waals surface area (Å²) in [5.41, 5.74) is 2.19. The number of carbonyl (C=O) groups is 2. The van der Waals surface area contributed by atoms with Crippen LogP contribution in [0.2, 0.25) is 0 Å². The van der Waals surface area contributed by atoms with E-state index in [0.717, 1.165) is 12.0 Å². The Kier molecular flexibility index (Phi) is 5.74. The zero-order valence-electron chi connectivity index (χ0n) is 12.2. The van der Waals surface area contributed by atoms with E-state index < -0.39 is 5.97 Å². The number of carbonyl (C=O) groups excluding carboxylic acids is 1. The van der Waals surface area contributed by atoms with Crippen LogP contribution >= 0.6 is 24.0 Å². The summed E-state index contributed by atoms with van der Waals surface area (Å²) >= 11 is 6.49. The van der Waals surface area contributed by atoms with Crippen LogP contribution in [0.1, 0.15) is 30.9 Å². The molecule has 1 heterocycles. The molecule has 0 bridgehead atoms. The lowest BCUT2D eigenvalue weighted by atomic mass is 10.1. The van der Waals surface area contributed by atoms with Crippen molar-refractivity contribution >= 4 is 46.3 Å². The summed E-state index contributed by atoms with van der Waals surface area (Å²) < 4.78 is 0.494. The second-order valence-corrected chi connectivity index (χ2v) is 6.60. The lowest BCUT2D eigenvalue weighted by molar-refractivity contribution is -0.137. The average Bonchev–Trinajstić information content (AvgIpc) is 2.74. The van der Waals surface area contributed by atoms with Crippen molar-refractivity contribution in [1.29, 1.82) is 0 Å². The molecule has 1 aromatic rings. The van der Waals surface area contributed by atoms with Gasteiger partial charge in [0, 0.05) is 13.0 Å². The van der Waals surface area contributed by atoms with Gasteiger partial charge in [0.25, 0.3) is 5.91 Å². The van der Waals surface area contributed by atoms with E-state index in [-0.39, 0.29) is 12.3 Å². The monoisotopic (exact) mass is 335 g/mol. The van der Waals surface area contributed by atoms with Crippen LogP contribution in [0.4, 0.5) is 0 Å². The molecule has 0 spiro atoms. The van der Waals surface area contributed by atoms with E-state index >= 15 is 0 Å². The summed E-state index contributed by atoms with van der Waals surface area (Å²) in [5, 5.41) is 8.66. The fraction of sp³-hybridized carbons (Fsp3) is 0.312. The third kappa shape index (κ3) is 4.18. The predicted octanol–water partition coefficient (Wildman–Crippen LogP) is 3.32. The summed E-state index contributed by atoms with van der Waals surface area (Å²) in [6.07, 6.45) is 3.22. The molecule has 116 valence electrons. The molecule has 6 heteroatoms. The third-order valence-corrected chi connectivity index (χ3v) is 4.68. The second-order valence-electron chi connectivity index (χ2n) is 4.93.